The fraction of sp³-hybridized carbons (Fsp3) is 0.367. The lowest BCUT2D eigenvalue weighted by atomic mass is 10.1. The minimum Gasteiger partial charge on any atom is -0.410 e. The zero-order valence-electron chi connectivity index (χ0n) is 20.5. The number of amides is 1. The summed E-state index contributed by atoms with van der Waals surface area (Å²) >= 11 is 1.83. The van der Waals surface area contributed by atoms with E-state index < -0.39 is 6.09 Å². The number of hydrogen-bond acceptors (Lipinski definition) is 3. The third kappa shape index (κ3) is 9.26. The Hall–Kier alpha value is -2.72. The number of anilines is 1. The Morgan fingerprint density at radius 2 is 1.24 bits per heavy atom. The van der Waals surface area contributed by atoms with Crippen molar-refractivity contribution in [2.45, 2.75) is 75.9 Å². The maximum absolute atomic E-state index is 12.2. The van der Waals surface area contributed by atoms with E-state index in [0.29, 0.717) is 5.75 Å². The van der Waals surface area contributed by atoms with E-state index in [1.807, 2.05) is 60.3 Å². The Bertz CT molecular complexity index is 982. The van der Waals surface area contributed by atoms with Gasteiger partial charge in [0.25, 0.3) is 0 Å². The number of ether oxygens (including phenoxy) is 1. The summed E-state index contributed by atoms with van der Waals surface area (Å²) < 4.78 is 5.42. The second kappa shape index (κ2) is 14.5. The summed E-state index contributed by atoms with van der Waals surface area (Å²) in [5.74, 6) is 1.45. The van der Waals surface area contributed by atoms with Crippen LogP contribution in [0.4, 0.5) is 10.5 Å². The van der Waals surface area contributed by atoms with Crippen LogP contribution < -0.4 is 10.1 Å². The van der Waals surface area contributed by atoms with Gasteiger partial charge in [0, 0.05) is 16.3 Å². The highest BCUT2D eigenvalue weighted by Gasteiger charge is 2.06. The molecule has 0 saturated carbocycles. The Balaban J connectivity index is 1.41. The molecule has 3 aromatic carbocycles. The van der Waals surface area contributed by atoms with Crippen LogP contribution in [-0.2, 0) is 18.6 Å². The molecule has 1 amide bonds. The highest BCUT2D eigenvalue weighted by atomic mass is 32.2. The number of unbranched alkanes of at least 4 members (excludes halogenated alkanes) is 4. The van der Waals surface area contributed by atoms with Gasteiger partial charge in [0.1, 0.15) is 5.75 Å². The fourth-order valence-corrected chi connectivity index (χ4v) is 4.59. The van der Waals surface area contributed by atoms with Gasteiger partial charge >= 0.3 is 6.09 Å². The van der Waals surface area contributed by atoms with Gasteiger partial charge in [-0.3, -0.25) is 5.32 Å². The molecule has 0 aliphatic heterocycles. The summed E-state index contributed by atoms with van der Waals surface area (Å²) in [5, 5.41) is 2.81. The van der Waals surface area contributed by atoms with Crippen LogP contribution in [0.25, 0.3) is 0 Å². The van der Waals surface area contributed by atoms with Gasteiger partial charge in [-0.1, -0.05) is 75.9 Å². The summed E-state index contributed by atoms with van der Waals surface area (Å²) in [7, 11) is 0. The van der Waals surface area contributed by atoms with Gasteiger partial charge in [-0.15, -0.1) is 11.8 Å². The van der Waals surface area contributed by atoms with Gasteiger partial charge in [-0.25, -0.2) is 4.79 Å². The molecule has 4 heteroatoms. The number of rotatable bonds is 13. The first-order chi connectivity index (χ1) is 16.7. The number of hydrogen-bond donors (Lipinski definition) is 1. The van der Waals surface area contributed by atoms with Crippen LogP contribution in [0.5, 0.6) is 5.75 Å². The van der Waals surface area contributed by atoms with E-state index in [-0.39, 0.29) is 0 Å². The largest absolute Gasteiger partial charge is 0.417 e. The van der Waals surface area contributed by atoms with Crippen molar-refractivity contribution in [1.82, 2.24) is 0 Å². The molecule has 0 atom stereocenters. The van der Waals surface area contributed by atoms with Crippen molar-refractivity contribution in [1.29, 1.82) is 0 Å². The molecule has 0 saturated heterocycles. The molecule has 0 radical (unpaired) electrons. The van der Waals surface area contributed by atoms with Gasteiger partial charge in [-0.2, -0.15) is 0 Å². The lowest BCUT2D eigenvalue weighted by Gasteiger charge is -2.09. The lowest BCUT2D eigenvalue weighted by Crippen LogP contribution is -2.16. The molecule has 0 aromatic heterocycles. The third-order valence-electron chi connectivity index (χ3n) is 5.80. The van der Waals surface area contributed by atoms with Crippen molar-refractivity contribution in [3.05, 3.63) is 89.5 Å². The van der Waals surface area contributed by atoms with Crippen molar-refractivity contribution in [3.63, 3.8) is 0 Å². The summed E-state index contributed by atoms with van der Waals surface area (Å²) in [4.78, 5) is 13.5. The lowest BCUT2D eigenvalue weighted by molar-refractivity contribution is 0.215. The quantitative estimate of drug-likeness (QED) is 0.198. The van der Waals surface area contributed by atoms with E-state index in [1.165, 1.54) is 66.5 Å². The molecule has 3 nitrogen and oxygen atoms in total. The fourth-order valence-electron chi connectivity index (χ4n) is 3.74. The maximum Gasteiger partial charge on any atom is 0.417 e. The molecule has 180 valence electrons. The van der Waals surface area contributed by atoms with Gasteiger partial charge in [0.2, 0.25) is 0 Å². The smallest absolute Gasteiger partial charge is 0.410 e. The highest BCUT2D eigenvalue weighted by Crippen LogP contribution is 2.24. The van der Waals surface area contributed by atoms with Crippen molar-refractivity contribution in [2.75, 3.05) is 5.32 Å². The Morgan fingerprint density at radius 1 is 0.706 bits per heavy atom. The summed E-state index contributed by atoms with van der Waals surface area (Å²) in [6.45, 7) is 4.44. The number of nitrogens with one attached hydrogen (secondary N) is 1. The maximum atomic E-state index is 12.2. The molecule has 0 spiro atoms. The SMILES string of the molecule is CCCCCc1ccc(OC(=O)Nc2ccc(CSc3ccc(CCCCC)cc3)cc2)cc1. The first-order valence-corrected chi connectivity index (χ1v) is 13.5. The average molecular weight is 476 g/mol. The van der Waals surface area contributed by atoms with E-state index >= 15 is 0 Å². The zero-order chi connectivity index (χ0) is 24.0. The Labute approximate surface area is 209 Å². The van der Waals surface area contributed by atoms with Gasteiger partial charge in [0.05, 0.1) is 0 Å². The molecule has 3 aromatic rings. The molecule has 3 rings (SSSR count). The molecule has 34 heavy (non-hydrogen) atoms. The van der Waals surface area contributed by atoms with Gasteiger partial charge in [-0.05, 0) is 78.8 Å². The summed E-state index contributed by atoms with van der Waals surface area (Å²) in [6, 6.07) is 24.7. The van der Waals surface area contributed by atoms with Crippen molar-refractivity contribution in [3.8, 4) is 5.75 Å². The third-order valence-corrected chi connectivity index (χ3v) is 6.88. The average Bonchev–Trinajstić information content (AvgIpc) is 2.86. The molecular weight excluding hydrogens is 438 g/mol. The molecule has 0 aliphatic rings. The number of benzene rings is 3. The molecule has 1 N–H and O–H groups in total. The predicted molar refractivity (Wildman–Crippen MR) is 145 cm³/mol. The summed E-state index contributed by atoms with van der Waals surface area (Å²) in [5.41, 5.74) is 4.64. The molecule has 0 bridgehead atoms. The topological polar surface area (TPSA) is 38.3 Å². The van der Waals surface area contributed by atoms with Crippen LogP contribution in [0.2, 0.25) is 0 Å². The molecule has 0 aliphatic carbocycles. The second-order valence-corrected chi connectivity index (χ2v) is 9.75. The number of aryl methyl sites for hydroxylation is 2. The minimum absolute atomic E-state index is 0.472. The molecule has 0 heterocycles. The summed E-state index contributed by atoms with van der Waals surface area (Å²) in [6.07, 6.45) is 9.23. The van der Waals surface area contributed by atoms with E-state index in [4.69, 9.17) is 4.74 Å². The number of carbonyl (C=O) groups is 1. The van der Waals surface area contributed by atoms with E-state index in [0.717, 1.165) is 17.9 Å². The van der Waals surface area contributed by atoms with Crippen LogP contribution in [0.1, 0.15) is 69.1 Å². The van der Waals surface area contributed by atoms with Crippen molar-refractivity contribution in [2.24, 2.45) is 0 Å². The predicted octanol–water partition coefficient (Wildman–Crippen LogP) is 9.06. The first-order valence-electron chi connectivity index (χ1n) is 12.5. The van der Waals surface area contributed by atoms with Crippen LogP contribution in [0, 0.1) is 0 Å². The molecule has 0 unspecified atom stereocenters. The number of carbonyl (C=O) groups excluding carboxylic acids is 1. The van der Waals surface area contributed by atoms with Crippen LogP contribution in [0.3, 0.4) is 0 Å². The zero-order valence-corrected chi connectivity index (χ0v) is 21.3. The normalized spacial score (nSPS) is 10.8. The molecule has 0 fully saturated rings. The Morgan fingerprint density at radius 3 is 1.79 bits per heavy atom. The van der Waals surface area contributed by atoms with Crippen molar-refractivity contribution >= 4 is 23.5 Å². The highest BCUT2D eigenvalue weighted by molar-refractivity contribution is 7.98. The van der Waals surface area contributed by atoms with E-state index in [1.54, 1.807) is 0 Å². The van der Waals surface area contributed by atoms with E-state index in [9.17, 15) is 4.79 Å². The standard InChI is InChI=1S/C30H37NO2S/c1-3-5-7-9-24-13-19-28(20-14-24)33-30(32)31-27-17-11-26(12-18-27)23-34-29-21-15-25(16-22-29)10-8-6-4-2/h11-22H,3-10,23H2,1-2H3,(H,31,32). The monoisotopic (exact) mass is 475 g/mol. The van der Waals surface area contributed by atoms with Crippen LogP contribution in [0.15, 0.2) is 77.7 Å². The number of thioether (sulfide) groups is 1. The van der Waals surface area contributed by atoms with Gasteiger partial charge in [0.15, 0.2) is 0 Å². The van der Waals surface area contributed by atoms with Crippen molar-refractivity contribution < 1.29 is 9.53 Å². The van der Waals surface area contributed by atoms with E-state index in [2.05, 4.69) is 43.4 Å². The van der Waals surface area contributed by atoms with Crippen LogP contribution >= 0.6 is 11.8 Å². The first kappa shape index (κ1) is 25.9. The molecular formula is C30H37NO2S. The van der Waals surface area contributed by atoms with Gasteiger partial charge < -0.3 is 4.74 Å². The minimum atomic E-state index is -0.472. The van der Waals surface area contributed by atoms with Crippen LogP contribution in [-0.4, -0.2) is 6.09 Å². The Kier molecular flexibility index (Phi) is 11.1. The second-order valence-electron chi connectivity index (χ2n) is 8.70.